The van der Waals surface area contributed by atoms with Crippen molar-refractivity contribution in [3.63, 3.8) is 0 Å². The number of hydrogen-bond donors (Lipinski definition) is 1. The molecule has 150 valence electrons. The van der Waals surface area contributed by atoms with Crippen molar-refractivity contribution in [1.29, 1.82) is 0 Å². The van der Waals surface area contributed by atoms with E-state index in [-0.39, 0.29) is 25.5 Å². The fourth-order valence-corrected chi connectivity index (χ4v) is 3.63. The number of benzene rings is 2. The van der Waals surface area contributed by atoms with Gasteiger partial charge in [-0.2, -0.15) is 13.2 Å². The Balaban J connectivity index is 1.61. The van der Waals surface area contributed by atoms with Crippen molar-refractivity contribution in [3.05, 3.63) is 59.7 Å². The Kier molecular flexibility index (Phi) is 4.52. The van der Waals surface area contributed by atoms with Crippen LogP contribution in [0.3, 0.4) is 0 Å². The van der Waals surface area contributed by atoms with E-state index < -0.39 is 29.7 Å². The summed E-state index contributed by atoms with van der Waals surface area (Å²) in [6, 6.07) is 10.1. The van der Waals surface area contributed by atoms with Gasteiger partial charge in [0.15, 0.2) is 0 Å². The standard InChI is InChI=1S/C20H16F3N3O3/c21-20(22,23)13-7-5-12(6-8-13)14-3-1-2-4-15(14)18(28)25-9-10-26-16(11-25)17(27)24-19(26)29/h1-8,16H,9-11H2,(H,24,27,29). The van der Waals surface area contributed by atoms with Gasteiger partial charge >= 0.3 is 12.2 Å². The summed E-state index contributed by atoms with van der Waals surface area (Å²) in [5.74, 6) is -0.782. The number of carbonyl (C=O) groups excluding carboxylic acids is 3. The van der Waals surface area contributed by atoms with Gasteiger partial charge in [0.05, 0.1) is 12.1 Å². The van der Waals surface area contributed by atoms with Crippen molar-refractivity contribution in [1.82, 2.24) is 15.1 Å². The monoisotopic (exact) mass is 403 g/mol. The third-order valence-corrected chi connectivity index (χ3v) is 5.14. The van der Waals surface area contributed by atoms with Gasteiger partial charge in [0.1, 0.15) is 6.04 Å². The molecule has 1 N–H and O–H groups in total. The average molecular weight is 403 g/mol. The number of rotatable bonds is 2. The number of nitrogens with zero attached hydrogens (tertiary/aromatic N) is 2. The SMILES string of the molecule is O=C1NC(=O)N2CCN(C(=O)c3ccccc3-c3ccc(C(F)(F)F)cc3)CC12. The van der Waals surface area contributed by atoms with Crippen LogP contribution in [0.4, 0.5) is 18.0 Å². The number of hydrogen-bond acceptors (Lipinski definition) is 3. The number of nitrogens with one attached hydrogen (secondary N) is 1. The highest BCUT2D eigenvalue weighted by atomic mass is 19.4. The first-order valence-corrected chi connectivity index (χ1v) is 8.93. The van der Waals surface area contributed by atoms with Crippen molar-refractivity contribution in [2.75, 3.05) is 19.6 Å². The molecule has 29 heavy (non-hydrogen) atoms. The molecule has 1 unspecified atom stereocenters. The Labute approximate surface area is 163 Å². The number of piperazine rings is 1. The lowest BCUT2D eigenvalue weighted by Gasteiger charge is -2.35. The minimum Gasteiger partial charge on any atom is -0.334 e. The van der Waals surface area contributed by atoms with E-state index in [0.717, 1.165) is 12.1 Å². The van der Waals surface area contributed by atoms with Crippen molar-refractivity contribution >= 4 is 17.8 Å². The molecule has 6 nitrogen and oxygen atoms in total. The van der Waals surface area contributed by atoms with Crippen molar-refractivity contribution in [2.24, 2.45) is 0 Å². The summed E-state index contributed by atoms with van der Waals surface area (Å²) >= 11 is 0. The number of urea groups is 1. The molecule has 0 aromatic heterocycles. The highest BCUT2D eigenvalue weighted by molar-refractivity contribution is 6.06. The fourth-order valence-electron chi connectivity index (χ4n) is 3.63. The molecule has 0 saturated carbocycles. The molecule has 1 atom stereocenters. The topological polar surface area (TPSA) is 69.7 Å². The summed E-state index contributed by atoms with van der Waals surface area (Å²) < 4.78 is 38.5. The maximum atomic E-state index is 13.1. The Morgan fingerprint density at radius 1 is 1.00 bits per heavy atom. The average Bonchev–Trinajstić information content (AvgIpc) is 3.00. The van der Waals surface area contributed by atoms with Gasteiger partial charge in [-0.05, 0) is 29.3 Å². The number of halogens is 3. The van der Waals surface area contributed by atoms with Crippen molar-refractivity contribution in [2.45, 2.75) is 12.2 Å². The van der Waals surface area contributed by atoms with Crippen LogP contribution < -0.4 is 5.32 Å². The molecule has 4 amide bonds. The molecule has 0 aliphatic carbocycles. The summed E-state index contributed by atoms with van der Waals surface area (Å²) in [5, 5.41) is 2.23. The fraction of sp³-hybridized carbons (Fsp3) is 0.250. The van der Waals surface area contributed by atoms with Crippen LogP contribution in [0.1, 0.15) is 15.9 Å². The maximum absolute atomic E-state index is 13.1. The number of carbonyl (C=O) groups is 3. The second-order valence-corrected chi connectivity index (χ2v) is 6.88. The Morgan fingerprint density at radius 3 is 2.38 bits per heavy atom. The van der Waals surface area contributed by atoms with Gasteiger partial charge < -0.3 is 9.80 Å². The molecule has 2 aliphatic rings. The van der Waals surface area contributed by atoms with Crippen LogP contribution in [-0.2, 0) is 11.0 Å². The van der Waals surface area contributed by atoms with Gasteiger partial charge in [0.25, 0.3) is 11.8 Å². The van der Waals surface area contributed by atoms with Crippen LogP contribution in [0.15, 0.2) is 48.5 Å². The molecule has 0 radical (unpaired) electrons. The zero-order chi connectivity index (χ0) is 20.8. The zero-order valence-electron chi connectivity index (χ0n) is 15.1. The van der Waals surface area contributed by atoms with Crippen molar-refractivity contribution in [3.8, 4) is 11.1 Å². The largest absolute Gasteiger partial charge is 0.416 e. The minimum absolute atomic E-state index is 0.0672. The first kappa shape index (κ1) is 19.0. The van der Waals surface area contributed by atoms with E-state index in [4.69, 9.17) is 0 Å². The number of imide groups is 1. The third-order valence-electron chi connectivity index (χ3n) is 5.14. The second kappa shape index (κ2) is 6.91. The van der Waals surface area contributed by atoms with Crippen LogP contribution in [0.5, 0.6) is 0 Å². The normalized spacial score (nSPS) is 19.2. The first-order valence-electron chi connectivity index (χ1n) is 8.93. The summed E-state index contributed by atoms with van der Waals surface area (Å²) in [6.45, 7) is 0.561. The van der Waals surface area contributed by atoms with Crippen LogP contribution in [0.25, 0.3) is 11.1 Å². The van der Waals surface area contributed by atoms with Crippen molar-refractivity contribution < 1.29 is 27.6 Å². The van der Waals surface area contributed by atoms with Crippen LogP contribution in [0, 0.1) is 0 Å². The van der Waals surface area contributed by atoms with E-state index in [1.54, 1.807) is 24.3 Å². The van der Waals surface area contributed by atoms with E-state index in [2.05, 4.69) is 5.32 Å². The van der Waals surface area contributed by atoms with Gasteiger partial charge in [-0.1, -0.05) is 30.3 Å². The molecule has 2 aromatic carbocycles. The second-order valence-electron chi connectivity index (χ2n) is 6.88. The lowest BCUT2D eigenvalue weighted by molar-refractivity contribution is -0.137. The molecule has 2 heterocycles. The Morgan fingerprint density at radius 2 is 1.69 bits per heavy atom. The van der Waals surface area contributed by atoms with E-state index in [1.165, 1.54) is 21.9 Å². The lowest BCUT2D eigenvalue weighted by Crippen LogP contribution is -2.54. The molecule has 0 bridgehead atoms. The molecular weight excluding hydrogens is 387 g/mol. The van der Waals surface area contributed by atoms with E-state index in [9.17, 15) is 27.6 Å². The highest BCUT2D eigenvalue weighted by Gasteiger charge is 2.43. The van der Waals surface area contributed by atoms with Gasteiger partial charge in [-0.25, -0.2) is 4.79 Å². The molecule has 0 spiro atoms. The van der Waals surface area contributed by atoms with Gasteiger partial charge in [-0.15, -0.1) is 0 Å². The molecule has 2 saturated heterocycles. The van der Waals surface area contributed by atoms with E-state index in [1.807, 2.05) is 0 Å². The molecule has 4 rings (SSSR count). The summed E-state index contributed by atoms with van der Waals surface area (Å²) in [6.07, 6.45) is -4.44. The Hall–Kier alpha value is -3.36. The Bertz CT molecular complexity index is 988. The van der Waals surface area contributed by atoms with Crippen LogP contribution in [-0.4, -0.2) is 53.3 Å². The molecule has 2 fully saturated rings. The van der Waals surface area contributed by atoms with Gasteiger partial charge in [-0.3, -0.25) is 14.9 Å². The summed E-state index contributed by atoms with van der Waals surface area (Å²) in [5.41, 5.74) is 0.540. The van der Waals surface area contributed by atoms with Crippen LogP contribution >= 0.6 is 0 Å². The van der Waals surface area contributed by atoms with Gasteiger partial charge in [0, 0.05) is 18.7 Å². The predicted molar refractivity (Wildman–Crippen MR) is 96.8 cm³/mol. The molecule has 2 aromatic rings. The smallest absolute Gasteiger partial charge is 0.334 e. The van der Waals surface area contributed by atoms with Gasteiger partial charge in [0.2, 0.25) is 0 Å². The quantitative estimate of drug-likeness (QED) is 0.784. The van der Waals surface area contributed by atoms with E-state index >= 15 is 0 Å². The third kappa shape index (κ3) is 3.43. The molecular formula is C20H16F3N3O3. The maximum Gasteiger partial charge on any atom is 0.416 e. The lowest BCUT2D eigenvalue weighted by atomic mass is 9.97. The summed E-state index contributed by atoms with van der Waals surface area (Å²) in [7, 11) is 0. The number of fused-ring (bicyclic) bond motifs is 1. The molecule has 2 aliphatic heterocycles. The first-order chi connectivity index (χ1) is 13.8. The number of amides is 4. The molecule has 9 heteroatoms. The summed E-state index contributed by atoms with van der Waals surface area (Å²) in [4.78, 5) is 39.6. The predicted octanol–water partition coefficient (Wildman–Crippen LogP) is 2.75. The minimum atomic E-state index is -4.44. The highest BCUT2D eigenvalue weighted by Crippen LogP contribution is 2.32. The van der Waals surface area contributed by atoms with E-state index in [0.29, 0.717) is 16.7 Å². The van der Waals surface area contributed by atoms with Crippen LogP contribution in [0.2, 0.25) is 0 Å². The zero-order valence-corrected chi connectivity index (χ0v) is 15.1. The number of alkyl halides is 3.